The van der Waals surface area contributed by atoms with E-state index in [1.807, 2.05) is 5.32 Å². The molecule has 1 aliphatic heterocycles. The van der Waals surface area contributed by atoms with E-state index in [2.05, 4.69) is 6.58 Å². The maximum atomic E-state index is 10.9. The Morgan fingerprint density at radius 3 is 2.42 bits per heavy atom. The predicted octanol–water partition coefficient (Wildman–Crippen LogP) is -0.359. The van der Waals surface area contributed by atoms with Crippen LogP contribution in [0.5, 0.6) is 0 Å². The molecule has 1 rings (SSSR count). The highest BCUT2D eigenvalue weighted by molar-refractivity contribution is 6.44. The maximum Gasteiger partial charge on any atom is 0.331 e. The van der Waals surface area contributed by atoms with Crippen molar-refractivity contribution >= 4 is 17.8 Å². The largest absolute Gasteiger partial charge is 0.331 e. The summed E-state index contributed by atoms with van der Waals surface area (Å²) in [7, 11) is 0. The molecule has 64 valence electrons. The topological polar surface area (TPSA) is 66.5 Å². The van der Waals surface area contributed by atoms with Crippen LogP contribution >= 0.6 is 0 Å². The molecule has 0 spiro atoms. The third kappa shape index (κ3) is 1.34. The number of nitrogens with zero attached hydrogens (tertiary/aromatic N) is 1. The van der Waals surface area contributed by atoms with Crippen LogP contribution in [0.3, 0.4) is 0 Å². The molecule has 0 bridgehead atoms. The van der Waals surface area contributed by atoms with Gasteiger partial charge in [0.05, 0.1) is 6.54 Å². The van der Waals surface area contributed by atoms with Gasteiger partial charge in [-0.3, -0.25) is 19.8 Å². The van der Waals surface area contributed by atoms with Crippen LogP contribution in [0.25, 0.3) is 0 Å². The molecule has 1 heterocycles. The van der Waals surface area contributed by atoms with Gasteiger partial charge in [0, 0.05) is 0 Å². The number of imide groups is 2. The number of hydrogen-bond donors (Lipinski definition) is 1. The van der Waals surface area contributed by atoms with E-state index in [9.17, 15) is 14.4 Å². The van der Waals surface area contributed by atoms with Crippen molar-refractivity contribution < 1.29 is 14.4 Å². The van der Waals surface area contributed by atoms with Crippen molar-refractivity contribution in [3.63, 3.8) is 0 Å². The molecule has 0 aromatic rings. The molecule has 12 heavy (non-hydrogen) atoms. The lowest BCUT2D eigenvalue weighted by Gasteiger charge is -2.09. The van der Waals surface area contributed by atoms with Crippen LogP contribution in [0.2, 0.25) is 0 Å². The molecule has 0 saturated carbocycles. The second-order valence-corrected chi connectivity index (χ2v) is 2.61. The van der Waals surface area contributed by atoms with Crippen molar-refractivity contribution in [3.8, 4) is 0 Å². The van der Waals surface area contributed by atoms with Crippen LogP contribution in [0, 0.1) is 0 Å². The molecule has 5 heteroatoms. The zero-order valence-electron chi connectivity index (χ0n) is 6.59. The highest BCUT2D eigenvalue weighted by Gasteiger charge is 2.36. The molecular formula is C7H8N2O3. The van der Waals surface area contributed by atoms with Crippen LogP contribution in [0.1, 0.15) is 6.92 Å². The number of amides is 4. The fourth-order valence-corrected chi connectivity index (χ4v) is 0.846. The molecule has 5 nitrogen and oxygen atoms in total. The van der Waals surface area contributed by atoms with Gasteiger partial charge in [-0.2, -0.15) is 0 Å². The van der Waals surface area contributed by atoms with Gasteiger partial charge >= 0.3 is 17.8 Å². The van der Waals surface area contributed by atoms with Crippen molar-refractivity contribution in [1.29, 1.82) is 0 Å². The summed E-state index contributed by atoms with van der Waals surface area (Å²) in [4.78, 5) is 33.2. The monoisotopic (exact) mass is 168 g/mol. The molecule has 0 radical (unpaired) electrons. The van der Waals surface area contributed by atoms with Gasteiger partial charge in [-0.1, -0.05) is 12.2 Å². The third-order valence-electron chi connectivity index (χ3n) is 1.33. The lowest BCUT2D eigenvalue weighted by molar-refractivity contribution is -0.139. The van der Waals surface area contributed by atoms with E-state index in [1.165, 1.54) is 0 Å². The van der Waals surface area contributed by atoms with E-state index < -0.39 is 17.8 Å². The van der Waals surface area contributed by atoms with Gasteiger partial charge < -0.3 is 0 Å². The quantitative estimate of drug-likeness (QED) is 0.348. The van der Waals surface area contributed by atoms with E-state index in [1.54, 1.807) is 6.92 Å². The third-order valence-corrected chi connectivity index (χ3v) is 1.33. The van der Waals surface area contributed by atoms with Gasteiger partial charge in [0.15, 0.2) is 0 Å². The number of urea groups is 1. The molecule has 0 unspecified atom stereocenters. The Morgan fingerprint density at radius 2 is 2.08 bits per heavy atom. The van der Waals surface area contributed by atoms with Crippen LogP contribution in [0.15, 0.2) is 12.2 Å². The Morgan fingerprint density at radius 1 is 1.50 bits per heavy atom. The normalized spacial score (nSPS) is 16.8. The van der Waals surface area contributed by atoms with Gasteiger partial charge in [0.2, 0.25) is 0 Å². The van der Waals surface area contributed by atoms with Crippen molar-refractivity contribution in [2.24, 2.45) is 0 Å². The van der Waals surface area contributed by atoms with Crippen molar-refractivity contribution in [1.82, 2.24) is 10.2 Å². The number of carbonyl (C=O) groups is 3. The smallest absolute Gasteiger partial charge is 0.269 e. The Hall–Kier alpha value is -1.65. The first-order chi connectivity index (χ1) is 5.52. The summed E-state index contributed by atoms with van der Waals surface area (Å²) in [6, 6.07) is -0.673. The summed E-state index contributed by atoms with van der Waals surface area (Å²) in [5.41, 5.74) is 0.646. The molecule has 4 amide bonds. The van der Waals surface area contributed by atoms with Crippen molar-refractivity contribution in [2.75, 3.05) is 6.54 Å². The summed E-state index contributed by atoms with van der Waals surface area (Å²) >= 11 is 0. The van der Waals surface area contributed by atoms with E-state index in [0.717, 1.165) is 4.90 Å². The highest BCUT2D eigenvalue weighted by Crippen LogP contribution is 2.03. The molecule has 1 N–H and O–H groups in total. The standard InChI is InChI=1S/C7H8N2O3/c1-4(2)3-9-6(11)5(10)8-7(9)12/h1,3H2,2H3,(H,8,10,12). The number of hydrogen-bond acceptors (Lipinski definition) is 3. The zero-order valence-corrected chi connectivity index (χ0v) is 6.59. The minimum atomic E-state index is -0.874. The molecule has 0 aromatic carbocycles. The van der Waals surface area contributed by atoms with E-state index in [4.69, 9.17) is 0 Å². The number of rotatable bonds is 2. The molecule has 1 saturated heterocycles. The Bertz CT molecular complexity index is 282. The Kier molecular flexibility index (Phi) is 1.95. The zero-order chi connectivity index (χ0) is 9.30. The van der Waals surface area contributed by atoms with E-state index in [0.29, 0.717) is 5.57 Å². The predicted molar refractivity (Wildman–Crippen MR) is 40.1 cm³/mol. The Labute approximate surface area is 69.0 Å². The van der Waals surface area contributed by atoms with Crippen molar-refractivity contribution in [2.45, 2.75) is 6.92 Å². The van der Waals surface area contributed by atoms with E-state index >= 15 is 0 Å². The minimum absolute atomic E-state index is 0.0937. The Balaban J connectivity index is 2.77. The summed E-state index contributed by atoms with van der Waals surface area (Å²) in [6.45, 7) is 5.29. The van der Waals surface area contributed by atoms with Gasteiger partial charge in [0.1, 0.15) is 0 Å². The number of nitrogens with one attached hydrogen (secondary N) is 1. The first kappa shape index (κ1) is 8.45. The number of carbonyl (C=O) groups excluding carboxylic acids is 3. The van der Waals surface area contributed by atoms with Crippen molar-refractivity contribution in [3.05, 3.63) is 12.2 Å². The average Bonchev–Trinajstić information content (AvgIpc) is 2.16. The summed E-state index contributed by atoms with van der Waals surface area (Å²) in [5, 5.41) is 1.88. The maximum absolute atomic E-state index is 10.9. The second kappa shape index (κ2) is 2.77. The van der Waals surface area contributed by atoms with Crippen LogP contribution in [-0.4, -0.2) is 29.3 Å². The first-order valence-corrected chi connectivity index (χ1v) is 3.33. The van der Waals surface area contributed by atoms with Gasteiger partial charge in [0.25, 0.3) is 0 Å². The SMILES string of the molecule is C=C(C)CN1C(=O)NC(=O)C1=O. The lowest BCUT2D eigenvalue weighted by Crippen LogP contribution is -2.32. The molecule has 1 fully saturated rings. The second-order valence-electron chi connectivity index (χ2n) is 2.61. The van der Waals surface area contributed by atoms with Gasteiger partial charge in [-0.05, 0) is 6.92 Å². The molecule has 0 aliphatic carbocycles. The lowest BCUT2D eigenvalue weighted by atomic mass is 10.3. The van der Waals surface area contributed by atoms with E-state index in [-0.39, 0.29) is 6.54 Å². The summed E-state index contributed by atoms with van der Waals surface area (Å²) < 4.78 is 0. The van der Waals surface area contributed by atoms with Crippen LogP contribution in [0.4, 0.5) is 4.79 Å². The van der Waals surface area contributed by atoms with Gasteiger partial charge in [-0.15, -0.1) is 0 Å². The first-order valence-electron chi connectivity index (χ1n) is 3.33. The average molecular weight is 168 g/mol. The minimum Gasteiger partial charge on any atom is -0.269 e. The fraction of sp³-hybridized carbons (Fsp3) is 0.286. The molecular weight excluding hydrogens is 160 g/mol. The molecule has 0 atom stereocenters. The fourth-order valence-electron chi connectivity index (χ4n) is 0.846. The molecule has 0 aromatic heterocycles. The van der Waals surface area contributed by atoms with Crippen LogP contribution in [-0.2, 0) is 9.59 Å². The summed E-state index contributed by atoms with van der Waals surface area (Å²) in [5.74, 6) is -1.69. The van der Waals surface area contributed by atoms with Crippen LogP contribution < -0.4 is 5.32 Å². The highest BCUT2D eigenvalue weighted by atomic mass is 16.2. The summed E-state index contributed by atoms with van der Waals surface area (Å²) in [6.07, 6.45) is 0. The molecule has 1 aliphatic rings. The van der Waals surface area contributed by atoms with Gasteiger partial charge in [-0.25, -0.2) is 4.79 Å².